The number of hydrogen-bond donors (Lipinski definition) is 0. The van der Waals surface area contributed by atoms with E-state index in [0.717, 1.165) is 41.5 Å². The van der Waals surface area contributed by atoms with E-state index in [1.165, 1.54) is 31.7 Å². The van der Waals surface area contributed by atoms with Crippen LogP contribution in [-0.4, -0.2) is 56.2 Å². The number of rotatable bonds is 9. The van der Waals surface area contributed by atoms with Crippen LogP contribution in [0.3, 0.4) is 0 Å². The van der Waals surface area contributed by atoms with Crippen molar-refractivity contribution in [2.24, 2.45) is 0 Å². The maximum Gasteiger partial charge on any atom is 0.161 e. The molecule has 0 bridgehead atoms. The molecule has 0 atom stereocenters. The first-order valence-electron chi connectivity index (χ1n) is 10.2. The number of piperazine rings is 1. The summed E-state index contributed by atoms with van der Waals surface area (Å²) in [5.41, 5.74) is 2.27. The highest BCUT2D eigenvalue weighted by Gasteiger charge is 2.13. The van der Waals surface area contributed by atoms with Crippen LogP contribution in [0.15, 0.2) is 42.5 Å². The van der Waals surface area contributed by atoms with Crippen molar-refractivity contribution in [2.45, 2.75) is 26.4 Å². The van der Waals surface area contributed by atoms with Crippen LogP contribution in [0.5, 0.6) is 11.5 Å². The van der Waals surface area contributed by atoms with Crippen molar-refractivity contribution in [1.82, 2.24) is 9.80 Å². The molecule has 0 unspecified atom stereocenters. The second kappa shape index (κ2) is 10.7. The molecule has 0 amide bonds. The Balaban J connectivity index is 1.55. The van der Waals surface area contributed by atoms with Gasteiger partial charge >= 0.3 is 0 Å². The molecule has 0 aromatic heterocycles. The zero-order chi connectivity index (χ0) is 19.8. The second-order valence-corrected chi connectivity index (χ2v) is 7.75. The molecule has 1 fully saturated rings. The number of nitrogens with zero attached hydrogens (tertiary/aromatic N) is 2. The lowest BCUT2D eigenvalue weighted by Crippen LogP contribution is -2.44. The van der Waals surface area contributed by atoms with Crippen LogP contribution in [0.25, 0.3) is 0 Å². The van der Waals surface area contributed by atoms with E-state index in [-0.39, 0.29) is 0 Å². The van der Waals surface area contributed by atoms with Gasteiger partial charge in [-0.1, -0.05) is 35.9 Å². The van der Waals surface area contributed by atoms with Crippen LogP contribution in [0.2, 0.25) is 5.02 Å². The van der Waals surface area contributed by atoms with Crippen LogP contribution in [-0.2, 0) is 13.0 Å². The fourth-order valence-corrected chi connectivity index (χ4v) is 3.64. The molecule has 2 aromatic rings. The summed E-state index contributed by atoms with van der Waals surface area (Å²) < 4.78 is 11.8. The van der Waals surface area contributed by atoms with Crippen LogP contribution in [0, 0.1) is 0 Å². The minimum atomic E-state index is 0.433. The Kier molecular flexibility index (Phi) is 8.01. The summed E-state index contributed by atoms with van der Waals surface area (Å²) in [5.74, 6) is 1.58. The molecule has 0 saturated carbocycles. The van der Waals surface area contributed by atoms with Gasteiger partial charge < -0.3 is 19.3 Å². The third-order valence-corrected chi connectivity index (χ3v) is 5.55. The number of halogens is 1. The van der Waals surface area contributed by atoms with Crippen molar-refractivity contribution < 1.29 is 9.47 Å². The molecule has 0 radical (unpaired) electrons. The second-order valence-electron chi connectivity index (χ2n) is 7.34. The van der Waals surface area contributed by atoms with Gasteiger partial charge in [-0.25, -0.2) is 0 Å². The van der Waals surface area contributed by atoms with Crippen molar-refractivity contribution in [3.63, 3.8) is 0 Å². The maximum absolute atomic E-state index is 6.23. The summed E-state index contributed by atoms with van der Waals surface area (Å²) in [6.45, 7) is 8.90. The summed E-state index contributed by atoms with van der Waals surface area (Å²) >= 11 is 6.23. The van der Waals surface area contributed by atoms with E-state index >= 15 is 0 Å². The van der Waals surface area contributed by atoms with Gasteiger partial charge in [-0.15, -0.1) is 0 Å². The van der Waals surface area contributed by atoms with Gasteiger partial charge in [0, 0.05) is 36.8 Å². The molecular formula is C23H31ClN2O2. The molecule has 1 saturated heterocycles. The molecule has 2 aromatic carbocycles. The number of ether oxygens (including phenoxy) is 2. The largest absolute Gasteiger partial charge is 0.490 e. The summed E-state index contributed by atoms with van der Waals surface area (Å²) in [5, 5.41) is 0.723. The van der Waals surface area contributed by atoms with E-state index in [1.54, 1.807) is 0 Å². The average molecular weight is 403 g/mol. The molecule has 4 nitrogen and oxygen atoms in total. The SMILES string of the molecule is CCOc1cc(CCCN2CCN(C)CC2)ccc1OCc1ccccc1Cl. The maximum atomic E-state index is 6.23. The zero-order valence-corrected chi connectivity index (χ0v) is 17.8. The average Bonchev–Trinajstić information content (AvgIpc) is 2.70. The highest BCUT2D eigenvalue weighted by atomic mass is 35.5. The molecule has 0 N–H and O–H groups in total. The van der Waals surface area contributed by atoms with Crippen LogP contribution in [0.1, 0.15) is 24.5 Å². The molecule has 1 heterocycles. The molecule has 1 aliphatic heterocycles. The van der Waals surface area contributed by atoms with Gasteiger partial charge in [0.2, 0.25) is 0 Å². The van der Waals surface area contributed by atoms with Gasteiger partial charge in [-0.05, 0) is 57.1 Å². The van der Waals surface area contributed by atoms with Crippen molar-refractivity contribution in [3.05, 3.63) is 58.6 Å². The van der Waals surface area contributed by atoms with E-state index in [4.69, 9.17) is 21.1 Å². The lowest BCUT2D eigenvalue weighted by molar-refractivity contribution is 0.153. The normalized spacial score (nSPS) is 15.5. The van der Waals surface area contributed by atoms with E-state index in [0.29, 0.717) is 13.2 Å². The van der Waals surface area contributed by atoms with Gasteiger partial charge in [0.25, 0.3) is 0 Å². The molecule has 28 heavy (non-hydrogen) atoms. The monoisotopic (exact) mass is 402 g/mol. The number of hydrogen-bond acceptors (Lipinski definition) is 4. The smallest absolute Gasteiger partial charge is 0.161 e. The zero-order valence-electron chi connectivity index (χ0n) is 17.0. The van der Waals surface area contributed by atoms with Gasteiger partial charge in [0.05, 0.1) is 6.61 Å². The molecule has 0 spiro atoms. The van der Waals surface area contributed by atoms with Crippen LogP contribution >= 0.6 is 11.6 Å². The van der Waals surface area contributed by atoms with Crippen LogP contribution < -0.4 is 9.47 Å². The molecule has 0 aliphatic carbocycles. The van der Waals surface area contributed by atoms with Crippen molar-refractivity contribution in [2.75, 3.05) is 46.4 Å². The summed E-state index contributed by atoms with van der Waals surface area (Å²) in [4.78, 5) is 4.96. The number of aryl methyl sites for hydroxylation is 1. The Labute approximate surface area is 174 Å². The Morgan fingerprint density at radius 3 is 2.50 bits per heavy atom. The lowest BCUT2D eigenvalue weighted by Gasteiger charge is -2.32. The van der Waals surface area contributed by atoms with Gasteiger partial charge in [-0.3, -0.25) is 0 Å². The van der Waals surface area contributed by atoms with E-state index in [1.807, 2.05) is 37.3 Å². The quantitative estimate of drug-likeness (QED) is 0.616. The Hall–Kier alpha value is -1.75. The third-order valence-electron chi connectivity index (χ3n) is 5.18. The van der Waals surface area contributed by atoms with Crippen molar-refractivity contribution >= 4 is 11.6 Å². The Morgan fingerprint density at radius 2 is 1.75 bits per heavy atom. The van der Waals surface area contributed by atoms with E-state index < -0.39 is 0 Å². The van der Waals surface area contributed by atoms with Gasteiger partial charge in [0.15, 0.2) is 11.5 Å². The summed E-state index contributed by atoms with van der Waals surface area (Å²) in [7, 11) is 2.20. The standard InChI is InChI=1S/C23H31ClN2O2/c1-3-27-23-17-19(7-6-12-26-15-13-25(2)14-16-26)10-11-22(23)28-18-20-8-4-5-9-21(20)24/h4-5,8-11,17H,3,6-7,12-16,18H2,1-2H3. The Morgan fingerprint density at radius 1 is 0.964 bits per heavy atom. The summed E-state index contributed by atoms with van der Waals surface area (Å²) in [6, 6.07) is 14.0. The molecular weight excluding hydrogens is 372 g/mol. The van der Waals surface area contributed by atoms with Crippen molar-refractivity contribution in [1.29, 1.82) is 0 Å². The topological polar surface area (TPSA) is 24.9 Å². The van der Waals surface area contributed by atoms with Crippen molar-refractivity contribution in [3.8, 4) is 11.5 Å². The molecule has 152 valence electrons. The predicted molar refractivity (Wildman–Crippen MR) is 116 cm³/mol. The van der Waals surface area contributed by atoms with E-state index in [9.17, 15) is 0 Å². The minimum absolute atomic E-state index is 0.433. The van der Waals surface area contributed by atoms with Crippen LogP contribution in [0.4, 0.5) is 0 Å². The lowest BCUT2D eigenvalue weighted by atomic mass is 10.1. The first-order chi connectivity index (χ1) is 13.7. The van der Waals surface area contributed by atoms with Gasteiger partial charge in [0.1, 0.15) is 6.61 Å². The molecule has 5 heteroatoms. The molecule has 3 rings (SSSR count). The highest BCUT2D eigenvalue weighted by molar-refractivity contribution is 6.31. The fourth-order valence-electron chi connectivity index (χ4n) is 3.44. The molecule has 1 aliphatic rings. The number of likely N-dealkylation sites (N-methyl/N-ethyl adjacent to an activating group) is 1. The Bertz CT molecular complexity index is 745. The fraction of sp³-hybridized carbons (Fsp3) is 0.478. The van der Waals surface area contributed by atoms with Gasteiger partial charge in [-0.2, -0.15) is 0 Å². The number of benzene rings is 2. The predicted octanol–water partition coefficient (Wildman–Crippen LogP) is 4.50. The summed E-state index contributed by atoms with van der Waals surface area (Å²) in [6.07, 6.45) is 2.21. The third kappa shape index (κ3) is 6.13. The first-order valence-corrected chi connectivity index (χ1v) is 10.6. The van der Waals surface area contributed by atoms with E-state index in [2.05, 4.69) is 29.0 Å². The minimum Gasteiger partial charge on any atom is -0.490 e. The highest BCUT2D eigenvalue weighted by Crippen LogP contribution is 2.30. The first kappa shape index (κ1) is 21.0.